The summed E-state index contributed by atoms with van der Waals surface area (Å²) in [6.45, 7) is -0.597. The first kappa shape index (κ1) is 24.5. The Bertz CT molecular complexity index is 1230. The second kappa shape index (κ2) is 10.1. The summed E-state index contributed by atoms with van der Waals surface area (Å²) in [6, 6.07) is 12.9. The van der Waals surface area contributed by atoms with Crippen LogP contribution in [0.5, 0.6) is 11.5 Å². The van der Waals surface area contributed by atoms with Gasteiger partial charge in [0.1, 0.15) is 17.5 Å². The third-order valence-electron chi connectivity index (χ3n) is 7.39. The zero-order valence-corrected chi connectivity index (χ0v) is 20.6. The molecule has 2 aliphatic carbocycles. The molecule has 1 heterocycles. The largest absolute Gasteiger partial charge is 0.497 e. The van der Waals surface area contributed by atoms with Gasteiger partial charge >= 0.3 is 5.97 Å². The summed E-state index contributed by atoms with van der Waals surface area (Å²) in [5.41, 5.74) is 1.12. The smallest absolute Gasteiger partial charge is 0.330 e. The zero-order valence-electron chi connectivity index (χ0n) is 20.6. The van der Waals surface area contributed by atoms with Crippen LogP contribution in [0.25, 0.3) is 0 Å². The third kappa shape index (κ3) is 4.57. The molecule has 0 aromatic heterocycles. The second-order valence-electron chi connectivity index (χ2n) is 9.47. The Hall–Kier alpha value is -4.14. The number of amides is 3. The Morgan fingerprint density at radius 1 is 0.973 bits per heavy atom. The number of allylic oxidation sites excluding steroid dienone is 2. The van der Waals surface area contributed by atoms with Crippen LogP contribution in [0.1, 0.15) is 12.0 Å². The van der Waals surface area contributed by atoms with Crippen LogP contribution in [0.4, 0.5) is 5.69 Å². The van der Waals surface area contributed by atoms with Gasteiger partial charge in [-0.15, -0.1) is 0 Å². The third-order valence-corrected chi connectivity index (χ3v) is 7.39. The normalized spacial score (nSPS) is 24.1. The number of imide groups is 1. The first-order valence-electron chi connectivity index (χ1n) is 12.2. The maximum absolute atomic E-state index is 13.4. The van der Waals surface area contributed by atoms with E-state index >= 15 is 0 Å². The fourth-order valence-corrected chi connectivity index (χ4v) is 5.68. The summed E-state index contributed by atoms with van der Waals surface area (Å²) in [7, 11) is 2.96. The zero-order chi connectivity index (χ0) is 26.1. The van der Waals surface area contributed by atoms with Gasteiger partial charge < -0.3 is 19.5 Å². The van der Waals surface area contributed by atoms with Crippen LogP contribution >= 0.6 is 0 Å². The summed E-state index contributed by atoms with van der Waals surface area (Å²) in [4.78, 5) is 53.8. The monoisotopic (exact) mass is 504 g/mol. The van der Waals surface area contributed by atoms with Gasteiger partial charge in [-0.3, -0.25) is 19.3 Å². The van der Waals surface area contributed by atoms with Crippen LogP contribution in [0.2, 0.25) is 0 Å². The van der Waals surface area contributed by atoms with E-state index in [2.05, 4.69) is 5.32 Å². The van der Waals surface area contributed by atoms with Crippen molar-refractivity contribution >= 4 is 29.4 Å². The van der Waals surface area contributed by atoms with Crippen molar-refractivity contribution in [2.75, 3.05) is 26.1 Å². The molecule has 1 aliphatic heterocycles. The van der Waals surface area contributed by atoms with Gasteiger partial charge in [0.15, 0.2) is 6.61 Å². The lowest BCUT2D eigenvalue weighted by atomic mass is 9.85. The van der Waals surface area contributed by atoms with Gasteiger partial charge in [-0.05, 0) is 36.0 Å². The van der Waals surface area contributed by atoms with E-state index in [0.717, 1.165) is 16.9 Å². The van der Waals surface area contributed by atoms with E-state index in [1.165, 1.54) is 14.2 Å². The molecule has 0 spiro atoms. The Kier molecular flexibility index (Phi) is 6.69. The molecule has 9 nitrogen and oxygen atoms in total. The lowest BCUT2D eigenvalue weighted by molar-refractivity contribution is -0.160. The van der Waals surface area contributed by atoms with Gasteiger partial charge in [-0.2, -0.15) is 0 Å². The lowest BCUT2D eigenvalue weighted by Gasteiger charge is -2.26. The number of nitrogens with zero attached hydrogens (tertiary/aromatic N) is 1. The van der Waals surface area contributed by atoms with Crippen LogP contribution < -0.4 is 14.8 Å². The molecule has 2 fully saturated rings. The predicted octanol–water partition coefficient (Wildman–Crippen LogP) is 2.60. The molecule has 5 atom stereocenters. The summed E-state index contributed by atoms with van der Waals surface area (Å²) >= 11 is 0. The Morgan fingerprint density at radius 3 is 2.27 bits per heavy atom. The number of anilines is 1. The highest BCUT2D eigenvalue weighted by Crippen LogP contribution is 2.53. The molecular formula is C28H28N2O7. The number of hydrogen-bond acceptors (Lipinski definition) is 7. The molecule has 2 bridgehead atoms. The standard InChI is InChI=1S/C28H28N2O7/c1-35-19-10-11-22(36-2)20(14-19)29-23(31)15-37-28(34)21(12-16-6-4-3-5-7-16)30-26(32)24-17-8-9-18(13-17)25(24)27(30)33/h3-11,14,17-18,21,24-25H,12-13,15H2,1-2H3,(H,29,31)/t17-,18-,21-,24+,25+/m0/s1. The van der Waals surface area contributed by atoms with Crippen molar-refractivity contribution in [2.45, 2.75) is 18.9 Å². The molecule has 0 unspecified atom stereocenters. The number of ether oxygens (including phenoxy) is 3. The minimum Gasteiger partial charge on any atom is -0.497 e. The number of benzene rings is 2. The molecule has 1 N–H and O–H groups in total. The molecule has 2 aromatic carbocycles. The minimum atomic E-state index is -1.16. The molecule has 1 saturated carbocycles. The van der Waals surface area contributed by atoms with Crippen LogP contribution in [-0.2, 0) is 30.3 Å². The number of hydrogen-bond donors (Lipinski definition) is 1. The number of likely N-dealkylation sites (tertiary alicyclic amines) is 1. The van der Waals surface area contributed by atoms with E-state index in [1.54, 1.807) is 18.2 Å². The Morgan fingerprint density at radius 2 is 1.65 bits per heavy atom. The molecule has 3 aliphatic rings. The maximum Gasteiger partial charge on any atom is 0.330 e. The average Bonchev–Trinajstić information content (AvgIpc) is 3.60. The summed E-state index contributed by atoms with van der Waals surface area (Å²) in [5, 5.41) is 2.64. The molecule has 3 amide bonds. The Balaban J connectivity index is 1.31. The van der Waals surface area contributed by atoms with Gasteiger partial charge in [0.2, 0.25) is 11.8 Å². The van der Waals surface area contributed by atoms with Crippen LogP contribution in [0.3, 0.4) is 0 Å². The van der Waals surface area contributed by atoms with Crippen molar-refractivity contribution in [1.29, 1.82) is 0 Å². The van der Waals surface area contributed by atoms with Gasteiger partial charge in [-0.1, -0.05) is 42.5 Å². The van der Waals surface area contributed by atoms with Crippen molar-refractivity contribution in [1.82, 2.24) is 4.90 Å². The number of carbonyl (C=O) groups is 4. The van der Waals surface area contributed by atoms with Crippen molar-refractivity contribution in [3.8, 4) is 11.5 Å². The van der Waals surface area contributed by atoms with Gasteiger partial charge in [-0.25, -0.2) is 4.79 Å². The molecule has 2 aromatic rings. The lowest BCUT2D eigenvalue weighted by Crippen LogP contribution is -2.48. The number of nitrogens with one attached hydrogen (secondary N) is 1. The van der Waals surface area contributed by atoms with Gasteiger partial charge in [0, 0.05) is 12.5 Å². The number of fused-ring (bicyclic) bond motifs is 5. The number of methoxy groups -OCH3 is 2. The second-order valence-corrected chi connectivity index (χ2v) is 9.47. The van der Waals surface area contributed by atoms with Gasteiger partial charge in [0.05, 0.1) is 31.7 Å². The minimum absolute atomic E-state index is 0.0217. The SMILES string of the molecule is COc1ccc(OC)c(NC(=O)COC(=O)[C@H](Cc2ccccc2)N2C(=O)[C@H]3[C@H](C2=O)[C@H]2C=C[C@H]3C2)c1. The van der Waals surface area contributed by atoms with E-state index in [9.17, 15) is 19.2 Å². The average molecular weight is 505 g/mol. The fraction of sp³-hybridized carbons (Fsp3) is 0.357. The molecule has 192 valence electrons. The summed E-state index contributed by atoms with van der Waals surface area (Å²) < 4.78 is 15.8. The first-order valence-corrected chi connectivity index (χ1v) is 12.2. The van der Waals surface area contributed by atoms with E-state index in [1.807, 2.05) is 42.5 Å². The molecule has 0 radical (unpaired) electrons. The molecule has 37 heavy (non-hydrogen) atoms. The highest BCUT2D eigenvalue weighted by atomic mass is 16.5. The van der Waals surface area contributed by atoms with E-state index in [0.29, 0.717) is 17.2 Å². The summed E-state index contributed by atoms with van der Waals surface area (Å²) in [6.07, 6.45) is 4.90. The number of rotatable bonds is 9. The molecular weight excluding hydrogens is 476 g/mol. The maximum atomic E-state index is 13.4. The fourth-order valence-electron chi connectivity index (χ4n) is 5.68. The van der Waals surface area contributed by atoms with E-state index < -0.39 is 36.4 Å². The highest BCUT2D eigenvalue weighted by Gasteiger charge is 2.61. The molecule has 1 saturated heterocycles. The number of esters is 1. The Labute approximate surface area is 214 Å². The number of carbonyl (C=O) groups excluding carboxylic acids is 4. The van der Waals surface area contributed by atoms with Crippen LogP contribution in [0, 0.1) is 23.7 Å². The first-order chi connectivity index (χ1) is 17.9. The highest BCUT2D eigenvalue weighted by molar-refractivity contribution is 6.09. The van der Waals surface area contributed by atoms with Crippen molar-refractivity contribution in [3.05, 3.63) is 66.2 Å². The molecule has 5 rings (SSSR count). The van der Waals surface area contributed by atoms with E-state index in [4.69, 9.17) is 14.2 Å². The van der Waals surface area contributed by atoms with Crippen molar-refractivity contribution < 1.29 is 33.4 Å². The van der Waals surface area contributed by atoms with Crippen LogP contribution in [0.15, 0.2) is 60.7 Å². The topological polar surface area (TPSA) is 111 Å². The molecule has 9 heteroatoms. The summed E-state index contributed by atoms with van der Waals surface area (Å²) in [5.74, 6) is -1.99. The van der Waals surface area contributed by atoms with Gasteiger partial charge in [0.25, 0.3) is 5.91 Å². The van der Waals surface area contributed by atoms with Crippen LogP contribution in [-0.4, -0.2) is 55.5 Å². The van der Waals surface area contributed by atoms with Crippen molar-refractivity contribution in [3.63, 3.8) is 0 Å². The quantitative estimate of drug-likeness (QED) is 0.317. The van der Waals surface area contributed by atoms with E-state index in [-0.39, 0.29) is 30.1 Å². The van der Waals surface area contributed by atoms with Crippen molar-refractivity contribution in [2.24, 2.45) is 23.7 Å². The predicted molar refractivity (Wildman–Crippen MR) is 133 cm³/mol.